The molecule has 0 bridgehead atoms. The summed E-state index contributed by atoms with van der Waals surface area (Å²) in [6.07, 6.45) is 1.53. The number of rotatable bonds is 3. The molecule has 1 fully saturated rings. The van der Waals surface area contributed by atoms with Crippen molar-refractivity contribution in [2.75, 3.05) is 0 Å². The molecule has 0 aliphatic heterocycles. The monoisotopic (exact) mass is 226 g/mol. The average molecular weight is 227 g/mol. The molecule has 0 heterocycles. The minimum Gasteiger partial charge on any atom is -0.212 e. The molecule has 72 valence electrons. The van der Waals surface area contributed by atoms with E-state index in [1.54, 1.807) is 0 Å². The van der Waals surface area contributed by atoms with Crippen LogP contribution in [0.3, 0.4) is 0 Å². The van der Waals surface area contributed by atoms with Crippen LogP contribution in [0.15, 0.2) is 0 Å². The van der Waals surface area contributed by atoms with Gasteiger partial charge in [-0.15, -0.1) is 0 Å². The van der Waals surface area contributed by atoms with E-state index in [9.17, 15) is 8.42 Å². The van der Waals surface area contributed by atoms with Crippen molar-refractivity contribution < 1.29 is 8.42 Å². The van der Waals surface area contributed by atoms with Gasteiger partial charge in [0, 0.05) is 18.8 Å². The summed E-state index contributed by atoms with van der Waals surface area (Å²) in [6.45, 7) is 6.53. The summed E-state index contributed by atoms with van der Waals surface area (Å²) in [5.41, 5.74) is 0. The average Bonchev–Trinajstić information content (AvgIpc) is 2.39. The van der Waals surface area contributed by atoms with E-state index in [4.69, 9.17) is 10.7 Å². The molecule has 1 aliphatic carbocycles. The number of hydrogen-bond acceptors (Lipinski definition) is 2. The fraction of sp³-hybridized carbons (Fsp3) is 1.00. The highest BCUT2D eigenvalue weighted by molar-refractivity contribution is 8.15. The fourth-order valence-corrected chi connectivity index (χ4v) is 7.43. The van der Waals surface area contributed by atoms with E-state index < -0.39 is 21.9 Å². The molecule has 12 heavy (non-hydrogen) atoms. The minimum atomic E-state index is -3.32. The lowest BCUT2D eigenvalue weighted by molar-refractivity contribution is 0.596. The highest BCUT2D eigenvalue weighted by atomic mass is 35.7. The Labute approximate surface area is 79.7 Å². The van der Waals surface area contributed by atoms with Gasteiger partial charge in [-0.25, -0.2) is 8.42 Å². The maximum Gasteiger partial charge on any atom is 0.238 e. The van der Waals surface area contributed by atoms with E-state index in [1.807, 2.05) is 0 Å². The van der Waals surface area contributed by atoms with Gasteiger partial charge >= 0.3 is 0 Å². The Morgan fingerprint density at radius 1 is 1.33 bits per heavy atom. The predicted molar refractivity (Wildman–Crippen MR) is 54.9 cm³/mol. The van der Waals surface area contributed by atoms with Crippen LogP contribution in [0.1, 0.15) is 12.8 Å². The highest BCUT2D eigenvalue weighted by Crippen LogP contribution is 2.51. The van der Waals surface area contributed by atoms with E-state index in [1.165, 1.54) is 0 Å². The van der Waals surface area contributed by atoms with Crippen molar-refractivity contribution in [2.45, 2.75) is 43.3 Å². The van der Waals surface area contributed by atoms with Crippen molar-refractivity contribution in [3.63, 3.8) is 0 Å². The van der Waals surface area contributed by atoms with Gasteiger partial charge in [0.2, 0.25) is 9.05 Å². The van der Waals surface area contributed by atoms with Gasteiger partial charge in [0.05, 0.1) is 4.75 Å². The van der Waals surface area contributed by atoms with Gasteiger partial charge in [0.15, 0.2) is 0 Å². The standard InChI is InChI=1S/C7H15ClO2SSi/c1-12(2,3)6-7(4-5-7)11(8,9)10/h4-6H2,1-3H3. The van der Waals surface area contributed by atoms with E-state index in [2.05, 4.69) is 19.6 Å². The van der Waals surface area contributed by atoms with Gasteiger partial charge in [0.1, 0.15) is 0 Å². The molecule has 0 unspecified atom stereocenters. The third-order valence-corrected chi connectivity index (χ3v) is 6.74. The van der Waals surface area contributed by atoms with Crippen LogP contribution < -0.4 is 0 Å². The molecule has 0 spiro atoms. The van der Waals surface area contributed by atoms with Gasteiger partial charge in [-0.1, -0.05) is 19.6 Å². The summed E-state index contributed by atoms with van der Waals surface area (Å²) >= 11 is 0. The first-order chi connectivity index (χ1) is 5.16. The summed E-state index contributed by atoms with van der Waals surface area (Å²) in [6, 6.07) is 0.811. The quantitative estimate of drug-likeness (QED) is 0.547. The Morgan fingerprint density at radius 2 is 1.75 bits per heavy atom. The van der Waals surface area contributed by atoms with Gasteiger partial charge < -0.3 is 0 Å². The summed E-state index contributed by atoms with van der Waals surface area (Å²) in [7, 11) is 0.767. The van der Waals surface area contributed by atoms with Crippen molar-refractivity contribution in [1.82, 2.24) is 0 Å². The zero-order chi connectivity index (χ0) is 9.62. The highest BCUT2D eigenvalue weighted by Gasteiger charge is 2.55. The molecule has 1 rings (SSSR count). The van der Waals surface area contributed by atoms with Crippen molar-refractivity contribution in [3.8, 4) is 0 Å². The normalized spacial score (nSPS) is 22.3. The first-order valence-electron chi connectivity index (χ1n) is 4.11. The Bertz CT molecular complexity index is 274. The molecule has 0 aromatic heterocycles. The zero-order valence-electron chi connectivity index (χ0n) is 7.72. The van der Waals surface area contributed by atoms with Crippen LogP contribution in [0, 0.1) is 0 Å². The van der Waals surface area contributed by atoms with E-state index >= 15 is 0 Å². The largest absolute Gasteiger partial charge is 0.238 e. The van der Waals surface area contributed by atoms with Crippen molar-refractivity contribution in [3.05, 3.63) is 0 Å². The third kappa shape index (κ3) is 2.23. The van der Waals surface area contributed by atoms with Crippen molar-refractivity contribution in [2.24, 2.45) is 0 Å². The minimum absolute atomic E-state index is 0.529. The zero-order valence-corrected chi connectivity index (χ0v) is 10.3. The SMILES string of the molecule is C[Si](C)(C)CC1(S(=O)(=O)Cl)CC1. The Balaban J connectivity index is 2.77. The topological polar surface area (TPSA) is 34.1 Å². The lowest BCUT2D eigenvalue weighted by Crippen LogP contribution is -2.31. The second-order valence-electron chi connectivity index (χ2n) is 4.86. The second-order valence-corrected chi connectivity index (χ2v) is 13.3. The molecule has 1 saturated carbocycles. The van der Waals surface area contributed by atoms with Crippen LogP contribution in [-0.2, 0) is 9.05 Å². The molecule has 2 nitrogen and oxygen atoms in total. The maximum absolute atomic E-state index is 11.2. The summed E-state index contributed by atoms with van der Waals surface area (Å²) in [5.74, 6) is 0. The Morgan fingerprint density at radius 3 is 1.83 bits per heavy atom. The molecule has 0 aromatic rings. The predicted octanol–water partition coefficient (Wildman–Crippen LogP) is 2.43. The molecular weight excluding hydrogens is 212 g/mol. The van der Waals surface area contributed by atoms with Crippen molar-refractivity contribution >= 4 is 27.8 Å². The van der Waals surface area contributed by atoms with Gasteiger partial charge in [0.25, 0.3) is 0 Å². The summed E-state index contributed by atoms with van der Waals surface area (Å²) in [5, 5.41) is 0. The molecule has 0 radical (unpaired) electrons. The number of hydrogen-bond donors (Lipinski definition) is 0. The van der Waals surface area contributed by atoms with Gasteiger partial charge in [-0.05, 0) is 18.9 Å². The Hall–Kier alpha value is 0.457. The molecule has 0 saturated heterocycles. The number of halogens is 1. The smallest absolute Gasteiger partial charge is 0.212 e. The van der Waals surface area contributed by atoms with Gasteiger partial charge in [-0.3, -0.25) is 0 Å². The van der Waals surface area contributed by atoms with Gasteiger partial charge in [-0.2, -0.15) is 0 Å². The molecule has 0 N–H and O–H groups in total. The van der Waals surface area contributed by atoms with E-state index in [0.717, 1.165) is 18.9 Å². The summed E-state index contributed by atoms with van der Waals surface area (Å²) in [4.78, 5) is 0. The second kappa shape index (κ2) is 2.72. The first-order valence-corrected chi connectivity index (χ1v) is 10.1. The fourth-order valence-electron chi connectivity index (χ4n) is 1.61. The third-order valence-electron chi connectivity index (χ3n) is 2.18. The van der Waals surface area contributed by atoms with Crippen LogP contribution in [0.25, 0.3) is 0 Å². The van der Waals surface area contributed by atoms with E-state index in [0.29, 0.717) is 0 Å². The van der Waals surface area contributed by atoms with E-state index in [-0.39, 0.29) is 0 Å². The first kappa shape index (κ1) is 10.5. The molecular formula is C7H15ClO2SSi. The maximum atomic E-state index is 11.2. The van der Waals surface area contributed by atoms with Crippen LogP contribution in [-0.4, -0.2) is 21.2 Å². The molecule has 1 aliphatic rings. The lowest BCUT2D eigenvalue weighted by Gasteiger charge is -2.21. The van der Waals surface area contributed by atoms with Crippen LogP contribution in [0.4, 0.5) is 0 Å². The van der Waals surface area contributed by atoms with Crippen LogP contribution >= 0.6 is 10.7 Å². The molecule has 0 aromatic carbocycles. The summed E-state index contributed by atoms with van der Waals surface area (Å²) < 4.78 is 21.8. The molecule has 0 amide bonds. The van der Waals surface area contributed by atoms with Crippen molar-refractivity contribution in [1.29, 1.82) is 0 Å². The Kier molecular flexibility index (Phi) is 2.39. The molecule has 0 atom stereocenters. The van der Waals surface area contributed by atoms with Crippen LogP contribution in [0.2, 0.25) is 25.7 Å². The van der Waals surface area contributed by atoms with Crippen LogP contribution in [0.5, 0.6) is 0 Å². The lowest BCUT2D eigenvalue weighted by atomic mass is 10.5. The molecule has 5 heteroatoms.